The predicted molar refractivity (Wildman–Crippen MR) is 98.7 cm³/mol. The van der Waals surface area contributed by atoms with Crippen LogP contribution in [0.2, 0.25) is 0 Å². The molecule has 0 spiro atoms. The van der Waals surface area contributed by atoms with Crippen molar-refractivity contribution in [2.24, 2.45) is 5.92 Å². The van der Waals surface area contributed by atoms with Gasteiger partial charge >= 0.3 is 5.97 Å². The molecule has 1 aromatic heterocycles. The Balaban J connectivity index is 1.61. The fraction of sp³-hybridized carbons (Fsp3) is 0.273. The quantitative estimate of drug-likeness (QED) is 0.627. The number of carbonyl (C=O) groups is 1. The van der Waals surface area contributed by atoms with Gasteiger partial charge in [-0.25, -0.2) is 4.98 Å². The molecular weight excluding hydrogens is 326 g/mol. The summed E-state index contributed by atoms with van der Waals surface area (Å²) in [4.78, 5) is 16.6. The number of hydrogen-bond donors (Lipinski definition) is 0. The van der Waals surface area contributed by atoms with Crippen LogP contribution in [0.3, 0.4) is 0 Å². The number of aryl methyl sites for hydroxylation is 1. The number of nitrogens with zero attached hydrogens (tertiary/aromatic N) is 1. The van der Waals surface area contributed by atoms with E-state index in [-0.39, 0.29) is 23.7 Å². The van der Waals surface area contributed by atoms with Gasteiger partial charge in [0.2, 0.25) is 0 Å². The first-order valence-corrected chi connectivity index (χ1v) is 8.93. The highest BCUT2D eigenvalue weighted by Crippen LogP contribution is 2.61. The molecule has 3 atom stereocenters. The minimum atomic E-state index is -0.115. The van der Waals surface area contributed by atoms with Crippen LogP contribution in [0.1, 0.15) is 35.8 Å². The summed E-state index contributed by atoms with van der Waals surface area (Å²) in [7, 11) is 0. The van der Waals surface area contributed by atoms with Crippen molar-refractivity contribution < 1.29 is 13.9 Å². The first-order chi connectivity index (χ1) is 12.7. The monoisotopic (exact) mass is 347 g/mol. The van der Waals surface area contributed by atoms with E-state index in [1.54, 1.807) is 6.20 Å². The SMILES string of the molecule is CCOC(=O)C1C(c2ccccc2)C1c1ccc(-c2cnc(C)o2)cc1. The molecule has 1 aliphatic carbocycles. The topological polar surface area (TPSA) is 52.3 Å². The van der Waals surface area contributed by atoms with E-state index in [1.807, 2.05) is 44.2 Å². The van der Waals surface area contributed by atoms with Gasteiger partial charge in [-0.15, -0.1) is 0 Å². The highest BCUT2D eigenvalue weighted by Gasteiger charge is 2.56. The molecule has 0 radical (unpaired) electrons. The summed E-state index contributed by atoms with van der Waals surface area (Å²) >= 11 is 0. The number of rotatable bonds is 5. The van der Waals surface area contributed by atoms with E-state index < -0.39 is 0 Å². The molecule has 1 fully saturated rings. The molecule has 0 bridgehead atoms. The summed E-state index contributed by atoms with van der Waals surface area (Å²) in [5.74, 6) is 1.51. The van der Waals surface area contributed by atoms with Gasteiger partial charge in [0.1, 0.15) is 0 Å². The Morgan fingerprint density at radius 3 is 2.27 bits per heavy atom. The molecule has 1 heterocycles. The van der Waals surface area contributed by atoms with E-state index >= 15 is 0 Å². The first kappa shape index (κ1) is 16.6. The van der Waals surface area contributed by atoms with Gasteiger partial charge in [0.25, 0.3) is 0 Å². The lowest BCUT2D eigenvalue weighted by Crippen LogP contribution is -2.08. The summed E-state index contributed by atoms with van der Waals surface area (Å²) in [6.45, 7) is 4.09. The van der Waals surface area contributed by atoms with Crippen LogP contribution in [0.5, 0.6) is 0 Å². The van der Waals surface area contributed by atoms with E-state index in [0.717, 1.165) is 16.9 Å². The number of oxazole rings is 1. The van der Waals surface area contributed by atoms with Crippen LogP contribution < -0.4 is 0 Å². The third-order valence-corrected chi connectivity index (χ3v) is 4.96. The Morgan fingerprint density at radius 1 is 1.04 bits per heavy atom. The van der Waals surface area contributed by atoms with Gasteiger partial charge < -0.3 is 9.15 Å². The van der Waals surface area contributed by atoms with Crippen LogP contribution in [-0.4, -0.2) is 17.6 Å². The molecule has 2 aromatic carbocycles. The van der Waals surface area contributed by atoms with Crippen LogP contribution >= 0.6 is 0 Å². The van der Waals surface area contributed by atoms with Crippen molar-refractivity contribution >= 4 is 5.97 Å². The summed E-state index contributed by atoms with van der Waals surface area (Å²) in [6.07, 6.45) is 1.73. The zero-order chi connectivity index (χ0) is 18.1. The number of hydrogen-bond acceptors (Lipinski definition) is 4. The van der Waals surface area contributed by atoms with E-state index in [2.05, 4.69) is 29.2 Å². The highest BCUT2D eigenvalue weighted by atomic mass is 16.5. The van der Waals surface area contributed by atoms with E-state index in [4.69, 9.17) is 9.15 Å². The Hall–Kier alpha value is -2.88. The van der Waals surface area contributed by atoms with Gasteiger partial charge in [-0.05, 0) is 18.1 Å². The van der Waals surface area contributed by atoms with Crippen molar-refractivity contribution in [2.75, 3.05) is 6.61 Å². The fourth-order valence-electron chi connectivity index (χ4n) is 3.71. The maximum Gasteiger partial charge on any atom is 0.310 e. The summed E-state index contributed by atoms with van der Waals surface area (Å²) < 4.78 is 10.9. The van der Waals surface area contributed by atoms with Crippen molar-refractivity contribution in [1.29, 1.82) is 0 Å². The summed E-state index contributed by atoms with van der Waals surface area (Å²) in [6, 6.07) is 18.4. The van der Waals surface area contributed by atoms with Crippen molar-refractivity contribution in [1.82, 2.24) is 4.98 Å². The van der Waals surface area contributed by atoms with Crippen LogP contribution in [0, 0.1) is 12.8 Å². The Morgan fingerprint density at radius 2 is 1.69 bits per heavy atom. The van der Waals surface area contributed by atoms with Gasteiger partial charge in [-0.1, -0.05) is 54.6 Å². The minimum Gasteiger partial charge on any atom is -0.466 e. The summed E-state index contributed by atoms with van der Waals surface area (Å²) in [5, 5.41) is 0. The number of aromatic nitrogens is 1. The molecular formula is C22H21NO3. The van der Waals surface area contributed by atoms with Crippen molar-refractivity contribution in [3.63, 3.8) is 0 Å². The van der Waals surface area contributed by atoms with Crippen molar-refractivity contribution in [3.8, 4) is 11.3 Å². The second kappa shape index (κ2) is 6.79. The number of benzene rings is 2. The Kier molecular flexibility index (Phi) is 4.33. The molecule has 0 amide bonds. The average Bonchev–Trinajstić information content (AvgIpc) is 3.28. The van der Waals surface area contributed by atoms with Gasteiger partial charge in [-0.2, -0.15) is 0 Å². The van der Waals surface area contributed by atoms with Gasteiger partial charge in [0, 0.05) is 24.3 Å². The lowest BCUT2D eigenvalue weighted by atomic mass is 10.0. The summed E-state index contributed by atoms with van der Waals surface area (Å²) in [5.41, 5.74) is 3.32. The molecule has 0 aliphatic heterocycles. The normalized spacial score (nSPS) is 21.4. The number of ether oxygens (including phenoxy) is 1. The average molecular weight is 347 g/mol. The van der Waals surface area contributed by atoms with Gasteiger partial charge in [0.15, 0.2) is 11.7 Å². The molecule has 3 unspecified atom stereocenters. The lowest BCUT2D eigenvalue weighted by molar-refractivity contribution is -0.144. The highest BCUT2D eigenvalue weighted by molar-refractivity contribution is 5.80. The Bertz CT molecular complexity index is 899. The van der Waals surface area contributed by atoms with Crippen LogP contribution in [0.15, 0.2) is 65.2 Å². The fourth-order valence-corrected chi connectivity index (χ4v) is 3.71. The first-order valence-electron chi connectivity index (χ1n) is 8.93. The number of carbonyl (C=O) groups excluding carboxylic acids is 1. The molecule has 0 N–H and O–H groups in total. The second-order valence-corrected chi connectivity index (χ2v) is 6.61. The third kappa shape index (κ3) is 3.03. The molecule has 3 aromatic rings. The van der Waals surface area contributed by atoms with Gasteiger partial charge in [-0.3, -0.25) is 4.79 Å². The molecule has 26 heavy (non-hydrogen) atoms. The largest absolute Gasteiger partial charge is 0.466 e. The van der Waals surface area contributed by atoms with E-state index in [9.17, 15) is 4.79 Å². The van der Waals surface area contributed by atoms with Gasteiger partial charge in [0.05, 0.1) is 18.7 Å². The predicted octanol–water partition coefficient (Wildman–Crippen LogP) is 4.71. The van der Waals surface area contributed by atoms with E-state index in [0.29, 0.717) is 12.5 Å². The molecule has 4 heteroatoms. The van der Waals surface area contributed by atoms with Crippen molar-refractivity contribution in [3.05, 3.63) is 77.8 Å². The molecule has 1 saturated carbocycles. The molecule has 4 nitrogen and oxygen atoms in total. The van der Waals surface area contributed by atoms with E-state index in [1.165, 1.54) is 5.56 Å². The standard InChI is InChI=1S/C22H21NO3/c1-3-25-22(24)21-19(16-7-5-4-6-8-16)20(21)17-11-9-15(10-12-17)18-13-23-14(2)26-18/h4-13,19-21H,3H2,1-2H3. The lowest BCUT2D eigenvalue weighted by Gasteiger charge is -2.03. The minimum absolute atomic E-state index is 0.110. The third-order valence-electron chi connectivity index (χ3n) is 4.96. The molecule has 1 aliphatic rings. The van der Waals surface area contributed by atoms with Crippen LogP contribution in [-0.2, 0) is 9.53 Å². The zero-order valence-electron chi connectivity index (χ0n) is 14.9. The van der Waals surface area contributed by atoms with Crippen LogP contribution in [0.25, 0.3) is 11.3 Å². The number of esters is 1. The maximum atomic E-state index is 12.4. The zero-order valence-corrected chi connectivity index (χ0v) is 14.9. The second-order valence-electron chi connectivity index (χ2n) is 6.61. The smallest absolute Gasteiger partial charge is 0.310 e. The molecule has 132 valence electrons. The molecule has 4 rings (SSSR count). The van der Waals surface area contributed by atoms with Crippen LogP contribution in [0.4, 0.5) is 0 Å². The molecule has 0 saturated heterocycles. The Labute approximate surface area is 152 Å². The maximum absolute atomic E-state index is 12.4. The van der Waals surface area contributed by atoms with Crippen molar-refractivity contribution in [2.45, 2.75) is 25.7 Å².